The Balaban J connectivity index is 2.31. The van der Waals surface area contributed by atoms with Crippen molar-refractivity contribution in [2.75, 3.05) is 11.4 Å². The highest BCUT2D eigenvalue weighted by Crippen LogP contribution is 2.27. The lowest BCUT2D eigenvalue weighted by Gasteiger charge is -2.24. The Labute approximate surface area is 111 Å². The monoisotopic (exact) mass is 295 g/mol. The van der Waals surface area contributed by atoms with Gasteiger partial charge in [0, 0.05) is 12.2 Å². The van der Waals surface area contributed by atoms with Crippen molar-refractivity contribution in [2.45, 2.75) is 37.4 Å². The van der Waals surface area contributed by atoms with Crippen molar-refractivity contribution < 1.29 is 4.79 Å². The maximum absolute atomic E-state index is 12.3. The molecule has 1 aliphatic heterocycles. The lowest BCUT2D eigenvalue weighted by atomic mass is 10.1. The fraction of sp³-hybridized carbons (Fsp3) is 0.500. The number of para-hydroxylation sites is 1. The van der Waals surface area contributed by atoms with Crippen molar-refractivity contribution in [3.05, 3.63) is 29.8 Å². The average Bonchev–Trinajstić information content (AvgIpc) is 2.59. The van der Waals surface area contributed by atoms with Crippen LogP contribution in [0.2, 0.25) is 0 Å². The fourth-order valence-electron chi connectivity index (χ4n) is 2.26. The van der Waals surface area contributed by atoms with E-state index >= 15 is 0 Å². The van der Waals surface area contributed by atoms with Gasteiger partial charge in [-0.1, -0.05) is 41.1 Å². The van der Waals surface area contributed by atoms with Gasteiger partial charge < -0.3 is 4.90 Å². The van der Waals surface area contributed by atoms with Crippen LogP contribution in [0.5, 0.6) is 0 Å². The molecule has 0 radical (unpaired) electrons. The smallest absolute Gasteiger partial charge is 0.240 e. The third kappa shape index (κ3) is 2.71. The Kier molecular flexibility index (Phi) is 4.21. The zero-order chi connectivity index (χ0) is 12.3. The molecule has 1 aromatic rings. The predicted octanol–water partition coefficient (Wildman–Crippen LogP) is 3.53. The zero-order valence-electron chi connectivity index (χ0n) is 10.2. The second-order valence-corrected chi connectivity index (χ2v) is 5.56. The van der Waals surface area contributed by atoms with Crippen LogP contribution in [0.15, 0.2) is 24.3 Å². The average molecular weight is 296 g/mol. The molecule has 1 atom stereocenters. The van der Waals surface area contributed by atoms with Crippen LogP contribution in [0.3, 0.4) is 0 Å². The quantitative estimate of drug-likeness (QED) is 0.765. The number of halogens is 1. The van der Waals surface area contributed by atoms with Gasteiger partial charge in [0.05, 0.1) is 4.83 Å². The summed E-state index contributed by atoms with van der Waals surface area (Å²) in [5, 5.41) is 0. The molecule has 3 heteroatoms. The van der Waals surface area contributed by atoms with E-state index in [0.717, 1.165) is 31.5 Å². The predicted molar refractivity (Wildman–Crippen MR) is 74.7 cm³/mol. The van der Waals surface area contributed by atoms with E-state index in [1.807, 2.05) is 17.9 Å². The number of aryl methyl sites for hydroxylation is 1. The van der Waals surface area contributed by atoms with E-state index in [-0.39, 0.29) is 10.7 Å². The van der Waals surface area contributed by atoms with E-state index < -0.39 is 0 Å². The number of carbonyl (C=O) groups excluding carboxylic acids is 1. The molecule has 1 unspecified atom stereocenters. The topological polar surface area (TPSA) is 20.3 Å². The Morgan fingerprint density at radius 2 is 2.18 bits per heavy atom. The molecule has 2 nitrogen and oxygen atoms in total. The summed E-state index contributed by atoms with van der Waals surface area (Å²) in [4.78, 5) is 14.2. The molecule has 17 heavy (non-hydrogen) atoms. The molecule has 1 aliphatic rings. The minimum Gasteiger partial charge on any atom is -0.311 e. The number of fused-ring (bicyclic) bond motifs is 1. The summed E-state index contributed by atoms with van der Waals surface area (Å²) in [6.45, 7) is 2.87. The van der Waals surface area contributed by atoms with Crippen molar-refractivity contribution in [1.82, 2.24) is 0 Å². The molecule has 1 heterocycles. The van der Waals surface area contributed by atoms with E-state index in [1.54, 1.807) is 0 Å². The van der Waals surface area contributed by atoms with Gasteiger partial charge >= 0.3 is 0 Å². The molecule has 1 aromatic carbocycles. The molecular formula is C14H18BrNO. The number of anilines is 1. The van der Waals surface area contributed by atoms with E-state index in [0.29, 0.717) is 0 Å². The highest BCUT2D eigenvalue weighted by Gasteiger charge is 2.24. The van der Waals surface area contributed by atoms with Crippen LogP contribution >= 0.6 is 15.9 Å². The largest absolute Gasteiger partial charge is 0.311 e. The Bertz CT molecular complexity index is 405. The Hall–Kier alpha value is -0.830. The van der Waals surface area contributed by atoms with Crippen LogP contribution in [0, 0.1) is 0 Å². The third-order valence-corrected chi connectivity index (χ3v) is 4.29. The summed E-state index contributed by atoms with van der Waals surface area (Å²) in [5.41, 5.74) is 2.40. The highest BCUT2D eigenvalue weighted by atomic mass is 79.9. The van der Waals surface area contributed by atoms with Gasteiger partial charge in [-0.05, 0) is 37.3 Å². The van der Waals surface area contributed by atoms with Gasteiger partial charge in [0.1, 0.15) is 0 Å². The van der Waals surface area contributed by atoms with Crippen LogP contribution < -0.4 is 4.90 Å². The minimum absolute atomic E-state index is 0.0614. The van der Waals surface area contributed by atoms with Gasteiger partial charge in [-0.3, -0.25) is 4.79 Å². The van der Waals surface area contributed by atoms with E-state index in [9.17, 15) is 4.79 Å². The van der Waals surface area contributed by atoms with Crippen molar-refractivity contribution >= 4 is 27.5 Å². The summed E-state index contributed by atoms with van der Waals surface area (Å²) in [6, 6.07) is 8.27. The summed E-state index contributed by atoms with van der Waals surface area (Å²) >= 11 is 3.46. The molecule has 0 N–H and O–H groups in total. The standard InChI is InChI=1S/C14H18BrNO/c1-2-12(15)14(17)16-10-6-5-8-11-7-3-4-9-13(11)16/h3-4,7,9,12H,2,5-6,8,10H2,1H3. The van der Waals surface area contributed by atoms with Crippen molar-refractivity contribution in [3.8, 4) is 0 Å². The van der Waals surface area contributed by atoms with Gasteiger partial charge in [-0.25, -0.2) is 0 Å². The van der Waals surface area contributed by atoms with Gasteiger partial charge in [0.25, 0.3) is 0 Å². The molecular weight excluding hydrogens is 278 g/mol. The molecule has 92 valence electrons. The third-order valence-electron chi connectivity index (χ3n) is 3.25. The van der Waals surface area contributed by atoms with E-state index in [1.165, 1.54) is 12.0 Å². The van der Waals surface area contributed by atoms with Gasteiger partial charge in [0.2, 0.25) is 5.91 Å². The van der Waals surface area contributed by atoms with Crippen molar-refractivity contribution in [3.63, 3.8) is 0 Å². The number of hydrogen-bond donors (Lipinski definition) is 0. The zero-order valence-corrected chi connectivity index (χ0v) is 11.7. The number of benzene rings is 1. The lowest BCUT2D eigenvalue weighted by molar-refractivity contribution is -0.118. The number of nitrogens with zero attached hydrogens (tertiary/aromatic N) is 1. The molecule has 0 saturated carbocycles. The molecule has 0 spiro atoms. The maximum atomic E-state index is 12.3. The van der Waals surface area contributed by atoms with Crippen LogP contribution in [0.1, 0.15) is 31.7 Å². The number of carbonyl (C=O) groups is 1. The first-order valence-electron chi connectivity index (χ1n) is 6.27. The number of amides is 1. The van der Waals surface area contributed by atoms with Crippen LogP contribution in [0.4, 0.5) is 5.69 Å². The Morgan fingerprint density at radius 3 is 2.94 bits per heavy atom. The SMILES string of the molecule is CCC(Br)C(=O)N1CCCCc2ccccc21. The first-order valence-corrected chi connectivity index (χ1v) is 7.19. The molecule has 0 aliphatic carbocycles. The van der Waals surface area contributed by atoms with E-state index in [4.69, 9.17) is 0 Å². The fourth-order valence-corrected chi connectivity index (χ4v) is 2.51. The van der Waals surface area contributed by atoms with Gasteiger partial charge in [-0.15, -0.1) is 0 Å². The molecule has 2 rings (SSSR count). The van der Waals surface area contributed by atoms with Crippen LogP contribution in [-0.2, 0) is 11.2 Å². The normalized spacial score (nSPS) is 17.2. The molecule has 0 aromatic heterocycles. The summed E-state index contributed by atoms with van der Waals surface area (Å²) < 4.78 is 0. The molecule has 0 fully saturated rings. The lowest BCUT2D eigenvalue weighted by Crippen LogP contribution is -2.37. The first kappa shape index (κ1) is 12.6. The minimum atomic E-state index is -0.0614. The second-order valence-electron chi connectivity index (χ2n) is 4.45. The first-order chi connectivity index (χ1) is 8.24. The highest BCUT2D eigenvalue weighted by molar-refractivity contribution is 9.10. The van der Waals surface area contributed by atoms with Gasteiger partial charge in [0.15, 0.2) is 0 Å². The number of alkyl halides is 1. The molecule has 0 bridgehead atoms. The van der Waals surface area contributed by atoms with Crippen LogP contribution in [-0.4, -0.2) is 17.3 Å². The number of hydrogen-bond acceptors (Lipinski definition) is 1. The molecule has 0 saturated heterocycles. The maximum Gasteiger partial charge on any atom is 0.240 e. The van der Waals surface area contributed by atoms with E-state index in [2.05, 4.69) is 34.1 Å². The molecule has 1 amide bonds. The summed E-state index contributed by atoms with van der Waals surface area (Å²) in [5.74, 6) is 0.196. The summed E-state index contributed by atoms with van der Waals surface area (Å²) in [6.07, 6.45) is 4.17. The van der Waals surface area contributed by atoms with Gasteiger partial charge in [-0.2, -0.15) is 0 Å². The van der Waals surface area contributed by atoms with Crippen molar-refractivity contribution in [2.24, 2.45) is 0 Å². The summed E-state index contributed by atoms with van der Waals surface area (Å²) in [7, 11) is 0. The number of rotatable bonds is 2. The van der Waals surface area contributed by atoms with Crippen molar-refractivity contribution in [1.29, 1.82) is 0 Å². The Morgan fingerprint density at radius 1 is 1.41 bits per heavy atom. The second kappa shape index (κ2) is 5.67. The van der Waals surface area contributed by atoms with Crippen LogP contribution in [0.25, 0.3) is 0 Å².